The Labute approximate surface area is 110 Å². The fraction of sp³-hybridized carbons (Fsp3) is 0.364. The molecule has 0 saturated heterocycles. The van der Waals surface area contributed by atoms with E-state index < -0.39 is 0 Å². The highest BCUT2D eigenvalue weighted by atomic mass is 35.5. The smallest absolute Gasteiger partial charge is 0.255 e. The summed E-state index contributed by atoms with van der Waals surface area (Å²) in [6, 6.07) is 1.55. The zero-order valence-electron chi connectivity index (χ0n) is 10.2. The zero-order valence-corrected chi connectivity index (χ0v) is 10.9. The number of amides is 1. The third-order valence-electron chi connectivity index (χ3n) is 2.52. The number of carbonyl (C=O) groups is 1. The molecule has 3 N–H and O–H groups in total. The van der Waals surface area contributed by atoms with Crippen LogP contribution in [0.25, 0.3) is 0 Å². The lowest BCUT2D eigenvalue weighted by Gasteiger charge is -2.21. The Morgan fingerprint density at radius 3 is 2.94 bits per heavy atom. The quantitative estimate of drug-likeness (QED) is 0.372. The zero-order chi connectivity index (χ0) is 13.7. The van der Waals surface area contributed by atoms with Crippen molar-refractivity contribution in [2.45, 2.75) is 6.92 Å². The van der Waals surface area contributed by atoms with E-state index in [9.17, 15) is 4.79 Å². The van der Waals surface area contributed by atoms with E-state index in [0.29, 0.717) is 17.1 Å². The summed E-state index contributed by atoms with van der Waals surface area (Å²) in [6.45, 7) is 2.08. The number of pyridine rings is 1. The first-order valence-corrected chi connectivity index (χ1v) is 5.67. The number of rotatable bonds is 4. The summed E-state index contributed by atoms with van der Waals surface area (Å²) in [5.74, 6) is -0.403. The number of hydrogen-bond donors (Lipinski definition) is 2. The van der Waals surface area contributed by atoms with Crippen LogP contribution in [0.3, 0.4) is 0 Å². The van der Waals surface area contributed by atoms with Crippen molar-refractivity contribution in [3.8, 4) is 0 Å². The topological polar surface area (TPSA) is 91.8 Å². The highest BCUT2D eigenvalue weighted by Crippen LogP contribution is 2.15. The van der Waals surface area contributed by atoms with E-state index >= 15 is 0 Å². The second kappa shape index (κ2) is 6.20. The van der Waals surface area contributed by atoms with Crippen molar-refractivity contribution >= 4 is 23.3 Å². The Kier molecular flexibility index (Phi) is 4.91. The van der Waals surface area contributed by atoms with Crippen LogP contribution in [0, 0.1) is 5.92 Å². The van der Waals surface area contributed by atoms with E-state index in [4.69, 9.17) is 22.5 Å². The molecule has 1 aromatic rings. The van der Waals surface area contributed by atoms with Gasteiger partial charge in [0.05, 0.1) is 10.6 Å². The van der Waals surface area contributed by atoms with Crippen molar-refractivity contribution in [3.63, 3.8) is 0 Å². The van der Waals surface area contributed by atoms with E-state index in [-0.39, 0.29) is 17.7 Å². The first-order chi connectivity index (χ1) is 8.47. The lowest BCUT2D eigenvalue weighted by Crippen LogP contribution is -2.36. The van der Waals surface area contributed by atoms with E-state index in [0.717, 1.165) is 0 Å². The van der Waals surface area contributed by atoms with Crippen LogP contribution in [0.2, 0.25) is 5.02 Å². The normalized spacial score (nSPS) is 13.2. The van der Waals surface area contributed by atoms with Gasteiger partial charge in [0.25, 0.3) is 5.91 Å². The van der Waals surface area contributed by atoms with E-state index in [2.05, 4.69) is 10.1 Å². The van der Waals surface area contributed by atoms with Crippen LogP contribution in [0.5, 0.6) is 0 Å². The van der Waals surface area contributed by atoms with Gasteiger partial charge in [-0.1, -0.05) is 23.7 Å². The van der Waals surface area contributed by atoms with Crippen LogP contribution in [-0.2, 0) is 0 Å². The second-order valence-electron chi connectivity index (χ2n) is 3.97. The summed E-state index contributed by atoms with van der Waals surface area (Å²) in [4.78, 5) is 17.4. The van der Waals surface area contributed by atoms with E-state index in [1.165, 1.54) is 17.3 Å². The molecule has 0 bridgehead atoms. The molecule has 7 heteroatoms. The average molecular weight is 271 g/mol. The Morgan fingerprint density at radius 1 is 1.72 bits per heavy atom. The number of carbonyl (C=O) groups excluding carboxylic acids is 1. The highest BCUT2D eigenvalue weighted by molar-refractivity contribution is 6.33. The van der Waals surface area contributed by atoms with Crippen LogP contribution >= 0.6 is 11.6 Å². The SMILES string of the molecule is CC(CN(C)C(=O)c1ccncc1Cl)C(N)=NO. The molecule has 1 unspecified atom stereocenters. The Hall–Kier alpha value is -1.82. The molecule has 0 aliphatic carbocycles. The van der Waals surface area contributed by atoms with Crippen molar-refractivity contribution in [2.75, 3.05) is 13.6 Å². The molecule has 1 amide bonds. The van der Waals surface area contributed by atoms with Crippen molar-refractivity contribution < 1.29 is 10.0 Å². The van der Waals surface area contributed by atoms with Gasteiger partial charge in [0.15, 0.2) is 0 Å². The summed E-state index contributed by atoms with van der Waals surface area (Å²) in [5, 5.41) is 11.8. The number of nitrogens with two attached hydrogens (primary N) is 1. The largest absolute Gasteiger partial charge is 0.409 e. The van der Waals surface area contributed by atoms with Crippen LogP contribution in [0.1, 0.15) is 17.3 Å². The van der Waals surface area contributed by atoms with Crippen LogP contribution < -0.4 is 5.73 Å². The molecule has 1 rings (SSSR count). The van der Waals surface area contributed by atoms with Crippen molar-refractivity contribution in [2.24, 2.45) is 16.8 Å². The molecule has 0 aliphatic rings. The van der Waals surface area contributed by atoms with Crippen LogP contribution in [0.15, 0.2) is 23.6 Å². The molecule has 6 nitrogen and oxygen atoms in total. The monoisotopic (exact) mass is 270 g/mol. The third-order valence-corrected chi connectivity index (χ3v) is 2.82. The van der Waals surface area contributed by atoms with Gasteiger partial charge < -0.3 is 15.8 Å². The third kappa shape index (κ3) is 3.33. The first kappa shape index (κ1) is 14.2. The van der Waals surface area contributed by atoms with Crippen molar-refractivity contribution in [3.05, 3.63) is 29.0 Å². The Bertz CT molecular complexity index is 464. The summed E-state index contributed by atoms with van der Waals surface area (Å²) in [6.07, 6.45) is 2.91. The van der Waals surface area contributed by atoms with Gasteiger partial charge in [0.2, 0.25) is 0 Å². The van der Waals surface area contributed by atoms with Gasteiger partial charge in [-0.2, -0.15) is 0 Å². The van der Waals surface area contributed by atoms with Gasteiger partial charge in [0, 0.05) is 31.9 Å². The number of amidine groups is 1. The van der Waals surface area contributed by atoms with Gasteiger partial charge in [-0.05, 0) is 6.07 Å². The minimum Gasteiger partial charge on any atom is -0.409 e. The molecular weight excluding hydrogens is 256 g/mol. The molecule has 0 saturated carbocycles. The molecule has 1 atom stereocenters. The Balaban J connectivity index is 2.77. The molecule has 0 fully saturated rings. The maximum absolute atomic E-state index is 12.1. The first-order valence-electron chi connectivity index (χ1n) is 5.29. The molecule has 0 spiro atoms. The number of aromatic nitrogens is 1. The van der Waals surface area contributed by atoms with Gasteiger partial charge in [-0.3, -0.25) is 9.78 Å². The molecule has 98 valence electrons. The lowest BCUT2D eigenvalue weighted by atomic mass is 10.1. The molecule has 0 radical (unpaired) electrons. The maximum atomic E-state index is 12.1. The number of nitrogens with zero attached hydrogens (tertiary/aromatic N) is 3. The number of halogens is 1. The highest BCUT2D eigenvalue weighted by Gasteiger charge is 2.18. The van der Waals surface area contributed by atoms with Gasteiger partial charge in [-0.15, -0.1) is 0 Å². The van der Waals surface area contributed by atoms with Gasteiger partial charge in [0.1, 0.15) is 5.84 Å². The maximum Gasteiger partial charge on any atom is 0.255 e. The molecule has 1 aromatic heterocycles. The summed E-state index contributed by atoms with van der Waals surface area (Å²) in [5.41, 5.74) is 5.84. The van der Waals surface area contributed by atoms with Crippen LogP contribution in [-0.4, -0.2) is 40.4 Å². The minimum absolute atomic E-state index is 0.0791. The van der Waals surface area contributed by atoms with Crippen LogP contribution in [0.4, 0.5) is 0 Å². The van der Waals surface area contributed by atoms with Crippen molar-refractivity contribution in [1.82, 2.24) is 9.88 Å². The fourth-order valence-corrected chi connectivity index (χ4v) is 1.64. The molecule has 18 heavy (non-hydrogen) atoms. The van der Waals surface area contributed by atoms with E-state index in [1.807, 2.05) is 0 Å². The molecular formula is C11H15ClN4O2. The van der Waals surface area contributed by atoms with E-state index in [1.54, 1.807) is 20.0 Å². The fourth-order valence-electron chi connectivity index (χ4n) is 1.44. The van der Waals surface area contributed by atoms with Crippen molar-refractivity contribution in [1.29, 1.82) is 0 Å². The summed E-state index contributed by atoms with van der Waals surface area (Å²) in [7, 11) is 1.63. The molecule has 1 heterocycles. The standard InChI is InChI=1S/C11H15ClN4O2/c1-7(10(13)15-18)6-16(2)11(17)8-3-4-14-5-9(8)12/h3-5,7,18H,6H2,1-2H3,(H2,13,15). The summed E-state index contributed by atoms with van der Waals surface area (Å²) >= 11 is 5.89. The van der Waals surface area contributed by atoms with Gasteiger partial charge >= 0.3 is 0 Å². The predicted octanol–water partition coefficient (Wildman–Crippen LogP) is 1.19. The average Bonchev–Trinajstić information content (AvgIpc) is 2.37. The molecule has 0 aliphatic heterocycles. The second-order valence-corrected chi connectivity index (χ2v) is 4.37. The minimum atomic E-state index is -0.246. The van der Waals surface area contributed by atoms with Gasteiger partial charge in [-0.25, -0.2) is 0 Å². The number of oxime groups is 1. The summed E-state index contributed by atoms with van der Waals surface area (Å²) < 4.78 is 0. The predicted molar refractivity (Wildman–Crippen MR) is 68.8 cm³/mol. The Morgan fingerprint density at radius 2 is 2.39 bits per heavy atom. The number of hydrogen-bond acceptors (Lipinski definition) is 4. The lowest BCUT2D eigenvalue weighted by molar-refractivity contribution is 0.0786. The molecule has 0 aromatic carbocycles.